The number of rotatable bonds is 5. The predicted octanol–water partition coefficient (Wildman–Crippen LogP) is 2.44. The summed E-state index contributed by atoms with van der Waals surface area (Å²) < 4.78 is 5.77. The minimum atomic E-state index is 0.0247. The lowest BCUT2D eigenvalue weighted by molar-refractivity contribution is -0.124. The summed E-state index contributed by atoms with van der Waals surface area (Å²) in [5.41, 5.74) is 1.34. The number of benzene rings is 1. The van der Waals surface area contributed by atoms with Crippen molar-refractivity contribution < 1.29 is 9.53 Å². The van der Waals surface area contributed by atoms with E-state index in [0.29, 0.717) is 13.0 Å². The molecule has 4 nitrogen and oxygen atoms in total. The third-order valence-corrected chi connectivity index (χ3v) is 3.69. The van der Waals surface area contributed by atoms with Gasteiger partial charge >= 0.3 is 0 Å². The Morgan fingerprint density at radius 2 is 2.05 bits per heavy atom. The molecule has 0 radical (unpaired) electrons. The van der Waals surface area contributed by atoms with Crippen molar-refractivity contribution in [2.45, 2.75) is 39.8 Å². The Morgan fingerprint density at radius 1 is 1.32 bits per heavy atom. The van der Waals surface area contributed by atoms with Gasteiger partial charge < -0.3 is 10.1 Å². The fourth-order valence-electron chi connectivity index (χ4n) is 2.66. The molecule has 0 aromatic heterocycles. The molecule has 1 aromatic rings. The van der Waals surface area contributed by atoms with Crippen LogP contribution < -0.4 is 5.32 Å². The molecular formula is C18H28N2O2. The van der Waals surface area contributed by atoms with E-state index in [9.17, 15) is 4.79 Å². The lowest BCUT2D eigenvalue weighted by Gasteiger charge is -2.33. The quantitative estimate of drug-likeness (QED) is 0.908. The minimum Gasteiger partial charge on any atom is -0.374 e. The van der Waals surface area contributed by atoms with Crippen molar-refractivity contribution in [3.63, 3.8) is 0 Å². The number of carbonyl (C=O) groups is 1. The number of nitrogens with one attached hydrogen (secondary N) is 1. The molecule has 0 saturated carbocycles. The molecule has 0 unspecified atom stereocenters. The molecule has 2 rings (SSSR count). The van der Waals surface area contributed by atoms with Gasteiger partial charge in [0.05, 0.1) is 12.7 Å². The number of ether oxygens (including phenoxy) is 1. The van der Waals surface area contributed by atoms with Gasteiger partial charge in [-0.25, -0.2) is 0 Å². The van der Waals surface area contributed by atoms with Crippen LogP contribution in [0.5, 0.6) is 0 Å². The maximum Gasteiger partial charge on any atom is 0.220 e. The smallest absolute Gasteiger partial charge is 0.220 e. The first kappa shape index (κ1) is 17.0. The van der Waals surface area contributed by atoms with E-state index >= 15 is 0 Å². The monoisotopic (exact) mass is 304 g/mol. The highest BCUT2D eigenvalue weighted by molar-refractivity contribution is 5.76. The second kappa shape index (κ2) is 7.75. The number of amides is 1. The summed E-state index contributed by atoms with van der Waals surface area (Å²) in [5.74, 6) is 0.108. The number of nitrogens with zero attached hydrogens (tertiary/aromatic N) is 1. The zero-order valence-corrected chi connectivity index (χ0v) is 14.0. The molecular weight excluding hydrogens is 276 g/mol. The second-order valence-electron chi connectivity index (χ2n) is 7.26. The second-order valence-corrected chi connectivity index (χ2v) is 7.26. The highest BCUT2D eigenvalue weighted by Crippen LogP contribution is 2.18. The molecule has 1 fully saturated rings. The Balaban J connectivity index is 1.75. The average Bonchev–Trinajstić information content (AvgIpc) is 2.45. The topological polar surface area (TPSA) is 41.6 Å². The highest BCUT2D eigenvalue weighted by atomic mass is 16.5. The van der Waals surface area contributed by atoms with Crippen LogP contribution in [0.15, 0.2) is 30.3 Å². The SMILES string of the molecule is CC(C)(C)CC(=O)NC[C@@H]1CN(Cc2ccccc2)CCO1. The van der Waals surface area contributed by atoms with Crippen molar-refractivity contribution in [1.29, 1.82) is 0 Å². The first-order valence-corrected chi connectivity index (χ1v) is 8.07. The molecule has 122 valence electrons. The van der Waals surface area contributed by atoms with Crippen molar-refractivity contribution in [1.82, 2.24) is 10.2 Å². The van der Waals surface area contributed by atoms with Crippen LogP contribution >= 0.6 is 0 Å². The third kappa shape index (κ3) is 6.16. The predicted molar refractivity (Wildman–Crippen MR) is 88.5 cm³/mol. The molecule has 22 heavy (non-hydrogen) atoms. The Morgan fingerprint density at radius 3 is 2.73 bits per heavy atom. The van der Waals surface area contributed by atoms with Crippen LogP contribution in [-0.4, -0.2) is 43.2 Å². The van der Waals surface area contributed by atoms with Gasteiger partial charge in [0.2, 0.25) is 5.91 Å². The summed E-state index contributed by atoms with van der Waals surface area (Å²) in [4.78, 5) is 14.3. The molecule has 1 aliphatic heterocycles. The van der Waals surface area contributed by atoms with Gasteiger partial charge in [0, 0.05) is 32.6 Å². The van der Waals surface area contributed by atoms with Crippen molar-refractivity contribution in [2.24, 2.45) is 5.41 Å². The fourth-order valence-corrected chi connectivity index (χ4v) is 2.66. The van der Waals surface area contributed by atoms with Crippen LogP contribution in [0.3, 0.4) is 0 Å². The van der Waals surface area contributed by atoms with E-state index in [1.807, 2.05) is 6.07 Å². The lowest BCUT2D eigenvalue weighted by Crippen LogP contribution is -2.47. The van der Waals surface area contributed by atoms with E-state index in [1.54, 1.807) is 0 Å². The molecule has 1 amide bonds. The van der Waals surface area contributed by atoms with Crippen molar-refractivity contribution in [3.8, 4) is 0 Å². The van der Waals surface area contributed by atoms with E-state index in [0.717, 1.165) is 26.2 Å². The van der Waals surface area contributed by atoms with E-state index in [1.165, 1.54) is 5.56 Å². The normalized spacial score (nSPS) is 19.9. The summed E-state index contributed by atoms with van der Waals surface area (Å²) in [6.45, 7) is 10.3. The zero-order valence-electron chi connectivity index (χ0n) is 14.0. The Bertz CT molecular complexity index is 468. The maximum absolute atomic E-state index is 11.9. The van der Waals surface area contributed by atoms with Gasteiger partial charge in [-0.05, 0) is 11.0 Å². The molecule has 1 heterocycles. The Kier molecular flexibility index (Phi) is 5.98. The van der Waals surface area contributed by atoms with Gasteiger partial charge in [0.1, 0.15) is 0 Å². The van der Waals surface area contributed by atoms with Gasteiger partial charge in [0.15, 0.2) is 0 Å². The molecule has 1 aliphatic rings. The molecule has 0 spiro atoms. The molecule has 0 bridgehead atoms. The first-order valence-electron chi connectivity index (χ1n) is 8.07. The minimum absolute atomic E-state index is 0.0247. The summed E-state index contributed by atoms with van der Waals surface area (Å²) in [6, 6.07) is 10.5. The van der Waals surface area contributed by atoms with Gasteiger partial charge in [-0.1, -0.05) is 51.1 Å². The van der Waals surface area contributed by atoms with Crippen LogP contribution in [0.2, 0.25) is 0 Å². The first-order chi connectivity index (χ1) is 10.4. The van der Waals surface area contributed by atoms with Crippen LogP contribution in [0.25, 0.3) is 0 Å². The Hall–Kier alpha value is -1.39. The van der Waals surface area contributed by atoms with Crippen LogP contribution in [0.4, 0.5) is 0 Å². The van der Waals surface area contributed by atoms with Crippen LogP contribution in [0.1, 0.15) is 32.8 Å². The summed E-state index contributed by atoms with van der Waals surface area (Å²) >= 11 is 0. The number of hydrogen-bond donors (Lipinski definition) is 1. The lowest BCUT2D eigenvalue weighted by atomic mass is 9.92. The van der Waals surface area contributed by atoms with E-state index < -0.39 is 0 Å². The van der Waals surface area contributed by atoms with Crippen molar-refractivity contribution in [3.05, 3.63) is 35.9 Å². The molecule has 0 aliphatic carbocycles. The zero-order chi connectivity index (χ0) is 16.0. The Labute approximate surface area is 133 Å². The number of carbonyl (C=O) groups excluding carboxylic acids is 1. The van der Waals surface area contributed by atoms with Crippen molar-refractivity contribution >= 4 is 5.91 Å². The van der Waals surface area contributed by atoms with E-state index in [4.69, 9.17) is 4.74 Å². The molecule has 1 N–H and O–H groups in total. The average molecular weight is 304 g/mol. The van der Waals surface area contributed by atoms with Gasteiger partial charge in [-0.3, -0.25) is 9.69 Å². The largest absolute Gasteiger partial charge is 0.374 e. The third-order valence-electron chi connectivity index (χ3n) is 3.69. The standard InChI is InChI=1S/C18H28N2O2/c1-18(2,3)11-17(21)19-12-16-14-20(9-10-22-16)13-15-7-5-4-6-8-15/h4-8,16H,9-14H2,1-3H3,(H,19,21)/t16-/m1/s1. The van der Waals surface area contributed by atoms with Gasteiger partial charge in [-0.15, -0.1) is 0 Å². The summed E-state index contributed by atoms with van der Waals surface area (Å²) in [7, 11) is 0. The van der Waals surface area contributed by atoms with Gasteiger partial charge in [-0.2, -0.15) is 0 Å². The van der Waals surface area contributed by atoms with E-state index in [-0.39, 0.29) is 17.4 Å². The summed E-state index contributed by atoms with van der Waals surface area (Å²) in [6.07, 6.45) is 0.634. The van der Waals surface area contributed by atoms with Crippen LogP contribution in [-0.2, 0) is 16.1 Å². The maximum atomic E-state index is 11.9. The number of morpholine rings is 1. The molecule has 1 saturated heterocycles. The van der Waals surface area contributed by atoms with Crippen LogP contribution in [0, 0.1) is 5.41 Å². The molecule has 4 heteroatoms. The van der Waals surface area contributed by atoms with E-state index in [2.05, 4.69) is 55.3 Å². The molecule has 1 aromatic carbocycles. The van der Waals surface area contributed by atoms with Crippen molar-refractivity contribution in [2.75, 3.05) is 26.2 Å². The summed E-state index contributed by atoms with van der Waals surface area (Å²) in [5, 5.41) is 3.00. The van der Waals surface area contributed by atoms with Gasteiger partial charge in [0.25, 0.3) is 0 Å². The number of hydrogen-bond acceptors (Lipinski definition) is 3. The highest BCUT2D eigenvalue weighted by Gasteiger charge is 2.22. The fraction of sp³-hybridized carbons (Fsp3) is 0.611. The molecule has 1 atom stereocenters.